The Kier molecular flexibility index (Phi) is 6.01. The second-order valence-electron chi connectivity index (χ2n) is 2.83. The van der Waals surface area contributed by atoms with Gasteiger partial charge >= 0.3 is 0 Å². The van der Waals surface area contributed by atoms with Crippen LogP contribution in [0.3, 0.4) is 0 Å². The Labute approximate surface area is 85.6 Å². The minimum Gasteiger partial charge on any atom is -0.306 e. The maximum Gasteiger partial charge on any atom is 0.0591 e. The Balaban J connectivity index is 4.70. The monoisotopic (exact) mass is 188 g/mol. The quantitative estimate of drug-likeness (QED) is 0.399. The highest BCUT2D eigenvalue weighted by atomic mass is 14.7. The Morgan fingerprint density at radius 2 is 2.00 bits per heavy atom. The summed E-state index contributed by atoms with van der Waals surface area (Å²) in [4.78, 5) is 4.29. The Morgan fingerprint density at radius 3 is 2.43 bits per heavy atom. The fourth-order valence-corrected chi connectivity index (χ4v) is 0.792. The third-order valence-electron chi connectivity index (χ3n) is 1.42. The largest absolute Gasteiger partial charge is 0.306 e. The van der Waals surface area contributed by atoms with Gasteiger partial charge in [-0.3, -0.25) is 4.99 Å². The molecule has 0 aliphatic carbocycles. The number of allylic oxidation sites excluding steroid dienone is 4. The van der Waals surface area contributed by atoms with E-state index in [4.69, 9.17) is 5.41 Å². The SMILES string of the molecule is C=C=CC(C)=NC(=CC)/C=C\C(C)=N. The molecule has 0 aromatic heterocycles. The van der Waals surface area contributed by atoms with Gasteiger partial charge in [-0.25, -0.2) is 0 Å². The molecule has 0 amide bonds. The van der Waals surface area contributed by atoms with Crippen LogP contribution in [0.1, 0.15) is 20.8 Å². The summed E-state index contributed by atoms with van der Waals surface area (Å²) >= 11 is 0. The van der Waals surface area contributed by atoms with Crippen LogP contribution in [0.25, 0.3) is 0 Å². The lowest BCUT2D eigenvalue weighted by Gasteiger charge is -1.94. The molecule has 0 aromatic rings. The molecule has 0 unspecified atom stereocenters. The van der Waals surface area contributed by atoms with Crippen molar-refractivity contribution in [3.8, 4) is 0 Å². The number of aliphatic imine (C=N–C) groups is 1. The zero-order chi connectivity index (χ0) is 11.0. The number of nitrogens with zero attached hydrogens (tertiary/aromatic N) is 1. The molecule has 0 heterocycles. The van der Waals surface area contributed by atoms with Crippen molar-refractivity contribution in [2.24, 2.45) is 4.99 Å². The molecular formula is C12H16N2. The summed E-state index contributed by atoms with van der Waals surface area (Å²) in [7, 11) is 0. The van der Waals surface area contributed by atoms with Crippen LogP contribution in [0.2, 0.25) is 0 Å². The number of hydrogen-bond donors (Lipinski definition) is 1. The molecule has 0 saturated heterocycles. The summed E-state index contributed by atoms with van der Waals surface area (Å²) < 4.78 is 0. The molecule has 2 heteroatoms. The smallest absolute Gasteiger partial charge is 0.0591 e. The first-order chi connectivity index (χ1) is 6.60. The molecule has 0 atom stereocenters. The highest BCUT2D eigenvalue weighted by molar-refractivity contribution is 5.94. The van der Waals surface area contributed by atoms with E-state index in [-0.39, 0.29) is 0 Å². The molecular weight excluding hydrogens is 172 g/mol. The van der Waals surface area contributed by atoms with Gasteiger partial charge in [-0.05, 0) is 32.9 Å². The molecule has 0 bridgehead atoms. The molecule has 14 heavy (non-hydrogen) atoms. The Morgan fingerprint density at radius 1 is 1.36 bits per heavy atom. The molecule has 0 saturated carbocycles. The van der Waals surface area contributed by atoms with Crippen molar-refractivity contribution < 1.29 is 0 Å². The molecule has 1 N–H and O–H groups in total. The summed E-state index contributed by atoms with van der Waals surface area (Å²) in [6.45, 7) is 8.99. The van der Waals surface area contributed by atoms with Crippen molar-refractivity contribution in [2.45, 2.75) is 20.8 Å². The first-order valence-electron chi connectivity index (χ1n) is 4.40. The van der Waals surface area contributed by atoms with Gasteiger partial charge in [0, 0.05) is 17.5 Å². The van der Waals surface area contributed by atoms with Gasteiger partial charge in [0.2, 0.25) is 0 Å². The van der Waals surface area contributed by atoms with Gasteiger partial charge in [-0.15, -0.1) is 5.73 Å². The topological polar surface area (TPSA) is 36.2 Å². The van der Waals surface area contributed by atoms with E-state index in [2.05, 4.69) is 17.3 Å². The maximum absolute atomic E-state index is 7.23. The van der Waals surface area contributed by atoms with Crippen LogP contribution in [0.4, 0.5) is 0 Å². The first kappa shape index (κ1) is 12.3. The molecule has 74 valence electrons. The van der Waals surface area contributed by atoms with Gasteiger partial charge in [0.25, 0.3) is 0 Å². The van der Waals surface area contributed by atoms with E-state index < -0.39 is 0 Å². The number of rotatable bonds is 4. The molecule has 0 fully saturated rings. The van der Waals surface area contributed by atoms with Gasteiger partial charge in [-0.1, -0.05) is 12.7 Å². The van der Waals surface area contributed by atoms with Gasteiger partial charge in [0.05, 0.1) is 5.70 Å². The number of hydrogen-bond acceptors (Lipinski definition) is 2. The van der Waals surface area contributed by atoms with Crippen LogP contribution < -0.4 is 0 Å². The molecule has 2 nitrogen and oxygen atoms in total. The van der Waals surface area contributed by atoms with Crippen LogP contribution in [-0.4, -0.2) is 11.4 Å². The van der Waals surface area contributed by atoms with Gasteiger partial charge in [-0.2, -0.15) is 0 Å². The molecule has 0 aromatic carbocycles. The summed E-state index contributed by atoms with van der Waals surface area (Å²) in [6, 6.07) is 0. The van der Waals surface area contributed by atoms with Crippen molar-refractivity contribution in [1.82, 2.24) is 0 Å². The summed E-state index contributed by atoms with van der Waals surface area (Å²) in [5.74, 6) is 0. The van der Waals surface area contributed by atoms with Crippen molar-refractivity contribution in [3.63, 3.8) is 0 Å². The standard InChI is InChI=1S/C12H16N2/c1-5-7-11(4)14-12(6-2)9-8-10(3)13/h6-9,13H,1H2,2-4H3/b9-8-,12-6?,13-10?,14-11?. The van der Waals surface area contributed by atoms with Gasteiger partial charge < -0.3 is 5.41 Å². The van der Waals surface area contributed by atoms with E-state index >= 15 is 0 Å². The summed E-state index contributed by atoms with van der Waals surface area (Å²) in [6.07, 6.45) is 7.13. The Bertz CT molecular complexity index is 337. The van der Waals surface area contributed by atoms with Crippen LogP contribution in [0.5, 0.6) is 0 Å². The zero-order valence-electron chi connectivity index (χ0n) is 8.96. The van der Waals surface area contributed by atoms with Crippen LogP contribution in [0.15, 0.2) is 47.3 Å². The van der Waals surface area contributed by atoms with E-state index in [1.165, 1.54) is 0 Å². The molecule has 0 aliphatic heterocycles. The average Bonchev–Trinajstić information content (AvgIpc) is 2.12. The predicted molar refractivity (Wildman–Crippen MR) is 63.1 cm³/mol. The lowest BCUT2D eigenvalue weighted by Crippen LogP contribution is -1.86. The van der Waals surface area contributed by atoms with Gasteiger partial charge in [0.1, 0.15) is 0 Å². The van der Waals surface area contributed by atoms with Crippen LogP contribution in [-0.2, 0) is 0 Å². The maximum atomic E-state index is 7.23. The van der Waals surface area contributed by atoms with Crippen molar-refractivity contribution in [1.29, 1.82) is 5.41 Å². The van der Waals surface area contributed by atoms with Crippen molar-refractivity contribution in [3.05, 3.63) is 42.3 Å². The predicted octanol–water partition coefficient (Wildman–Crippen LogP) is 3.29. The van der Waals surface area contributed by atoms with Crippen molar-refractivity contribution >= 4 is 11.4 Å². The second-order valence-corrected chi connectivity index (χ2v) is 2.83. The van der Waals surface area contributed by atoms with E-state index in [0.717, 1.165) is 11.4 Å². The minimum absolute atomic E-state index is 0.511. The lowest BCUT2D eigenvalue weighted by atomic mass is 10.3. The third kappa shape index (κ3) is 5.92. The second kappa shape index (κ2) is 6.81. The van der Waals surface area contributed by atoms with E-state index in [1.54, 1.807) is 19.1 Å². The van der Waals surface area contributed by atoms with E-state index in [0.29, 0.717) is 5.71 Å². The molecule has 0 aliphatic rings. The fraction of sp³-hybridized carbons (Fsp3) is 0.250. The van der Waals surface area contributed by atoms with Crippen molar-refractivity contribution in [2.75, 3.05) is 0 Å². The van der Waals surface area contributed by atoms with E-state index in [1.807, 2.05) is 26.0 Å². The first-order valence-corrected chi connectivity index (χ1v) is 4.40. The normalized spacial score (nSPS) is 12.8. The summed E-state index contributed by atoms with van der Waals surface area (Å²) in [5.41, 5.74) is 4.85. The minimum atomic E-state index is 0.511. The number of nitrogens with one attached hydrogen (secondary N) is 1. The summed E-state index contributed by atoms with van der Waals surface area (Å²) in [5, 5.41) is 7.23. The van der Waals surface area contributed by atoms with Crippen LogP contribution in [0, 0.1) is 5.41 Å². The van der Waals surface area contributed by atoms with Crippen LogP contribution >= 0.6 is 0 Å². The fourth-order valence-electron chi connectivity index (χ4n) is 0.792. The molecule has 0 spiro atoms. The zero-order valence-corrected chi connectivity index (χ0v) is 8.96. The molecule has 0 rings (SSSR count). The highest BCUT2D eigenvalue weighted by Gasteiger charge is 1.87. The lowest BCUT2D eigenvalue weighted by molar-refractivity contribution is 1.37. The highest BCUT2D eigenvalue weighted by Crippen LogP contribution is 2.00. The Hall–Kier alpha value is -1.66. The molecule has 0 radical (unpaired) electrons. The average molecular weight is 188 g/mol. The third-order valence-corrected chi connectivity index (χ3v) is 1.42. The van der Waals surface area contributed by atoms with Gasteiger partial charge in [0.15, 0.2) is 0 Å². The van der Waals surface area contributed by atoms with E-state index in [9.17, 15) is 0 Å².